The van der Waals surface area contributed by atoms with E-state index in [1.54, 1.807) is 0 Å². The highest BCUT2D eigenvalue weighted by atomic mass is 35.5. The fourth-order valence-electron chi connectivity index (χ4n) is 1.38. The third kappa shape index (κ3) is 2.29. The SMILES string of the molecule is COc1ncc(-c2cc(N)cc(Cl)c2F)cn1. The molecule has 1 heterocycles. The van der Waals surface area contributed by atoms with Crippen molar-refractivity contribution in [2.75, 3.05) is 12.8 Å². The van der Waals surface area contributed by atoms with Crippen LogP contribution >= 0.6 is 11.6 Å². The van der Waals surface area contributed by atoms with Crippen LogP contribution in [0.3, 0.4) is 0 Å². The van der Waals surface area contributed by atoms with Crippen LogP contribution in [0.5, 0.6) is 6.01 Å². The standard InChI is InChI=1S/C11H9ClFN3O/c1-17-11-15-4-6(5-16-11)8-2-7(14)3-9(12)10(8)13/h2-5H,14H2,1H3. The van der Waals surface area contributed by atoms with Crippen molar-refractivity contribution >= 4 is 17.3 Å². The number of benzene rings is 1. The van der Waals surface area contributed by atoms with Gasteiger partial charge >= 0.3 is 6.01 Å². The normalized spacial score (nSPS) is 10.3. The predicted molar refractivity (Wildman–Crippen MR) is 63.4 cm³/mol. The van der Waals surface area contributed by atoms with Crippen LogP contribution in [0.25, 0.3) is 11.1 Å². The number of aromatic nitrogens is 2. The molecule has 2 rings (SSSR count). The molecule has 0 amide bonds. The number of nitrogens with two attached hydrogens (primary N) is 1. The van der Waals surface area contributed by atoms with Crippen LogP contribution in [-0.2, 0) is 0 Å². The fourth-order valence-corrected chi connectivity index (χ4v) is 1.61. The van der Waals surface area contributed by atoms with Gasteiger partial charge in [-0.2, -0.15) is 0 Å². The Hall–Kier alpha value is -1.88. The highest BCUT2D eigenvalue weighted by molar-refractivity contribution is 6.31. The molecule has 0 bridgehead atoms. The summed E-state index contributed by atoms with van der Waals surface area (Å²) < 4.78 is 18.6. The maximum absolute atomic E-state index is 13.8. The number of ether oxygens (including phenoxy) is 1. The molecule has 2 N–H and O–H groups in total. The molecule has 0 radical (unpaired) electrons. The summed E-state index contributed by atoms with van der Waals surface area (Å²) >= 11 is 5.71. The van der Waals surface area contributed by atoms with Gasteiger partial charge in [0.05, 0.1) is 12.1 Å². The summed E-state index contributed by atoms with van der Waals surface area (Å²) in [5.41, 5.74) is 6.73. The van der Waals surface area contributed by atoms with Gasteiger partial charge in [-0.15, -0.1) is 0 Å². The average Bonchev–Trinajstić information content (AvgIpc) is 2.34. The van der Waals surface area contributed by atoms with Gasteiger partial charge < -0.3 is 10.5 Å². The van der Waals surface area contributed by atoms with E-state index in [9.17, 15) is 4.39 Å². The van der Waals surface area contributed by atoms with E-state index in [1.165, 1.54) is 31.6 Å². The van der Waals surface area contributed by atoms with Gasteiger partial charge in [0, 0.05) is 29.2 Å². The molecule has 0 spiro atoms. The van der Waals surface area contributed by atoms with Gasteiger partial charge in [0.2, 0.25) is 0 Å². The Morgan fingerprint density at radius 2 is 1.94 bits per heavy atom. The van der Waals surface area contributed by atoms with Gasteiger partial charge in [-0.05, 0) is 12.1 Å². The van der Waals surface area contributed by atoms with Crippen molar-refractivity contribution in [2.45, 2.75) is 0 Å². The van der Waals surface area contributed by atoms with Crippen LogP contribution in [0, 0.1) is 5.82 Å². The maximum Gasteiger partial charge on any atom is 0.316 e. The molecule has 88 valence electrons. The first-order valence-electron chi connectivity index (χ1n) is 4.72. The lowest BCUT2D eigenvalue weighted by atomic mass is 10.1. The Morgan fingerprint density at radius 1 is 1.29 bits per heavy atom. The summed E-state index contributed by atoms with van der Waals surface area (Å²) in [7, 11) is 1.45. The quantitative estimate of drug-likeness (QED) is 0.836. The highest BCUT2D eigenvalue weighted by Crippen LogP contribution is 2.29. The average molecular weight is 254 g/mol. The second-order valence-electron chi connectivity index (χ2n) is 3.32. The third-order valence-electron chi connectivity index (χ3n) is 2.17. The third-order valence-corrected chi connectivity index (χ3v) is 2.45. The summed E-state index contributed by atoms with van der Waals surface area (Å²) in [4.78, 5) is 7.78. The van der Waals surface area contributed by atoms with Crippen LogP contribution in [0.15, 0.2) is 24.5 Å². The van der Waals surface area contributed by atoms with Gasteiger partial charge in [-0.1, -0.05) is 11.6 Å². The smallest absolute Gasteiger partial charge is 0.316 e. The molecule has 0 aliphatic carbocycles. The second-order valence-corrected chi connectivity index (χ2v) is 3.73. The van der Waals surface area contributed by atoms with E-state index >= 15 is 0 Å². The summed E-state index contributed by atoms with van der Waals surface area (Å²) in [6, 6.07) is 3.04. The summed E-state index contributed by atoms with van der Waals surface area (Å²) in [5, 5.41) is -0.0316. The van der Waals surface area contributed by atoms with Crippen molar-refractivity contribution in [3.63, 3.8) is 0 Å². The summed E-state index contributed by atoms with van der Waals surface area (Å²) in [6.07, 6.45) is 2.89. The predicted octanol–water partition coefficient (Wildman–Crippen LogP) is 2.53. The zero-order valence-corrected chi connectivity index (χ0v) is 9.70. The van der Waals surface area contributed by atoms with Crippen LogP contribution in [0.2, 0.25) is 5.02 Å². The zero-order valence-electron chi connectivity index (χ0n) is 8.95. The van der Waals surface area contributed by atoms with Crippen molar-refractivity contribution in [1.29, 1.82) is 0 Å². The molecule has 1 aromatic carbocycles. The van der Waals surface area contributed by atoms with Gasteiger partial charge in [-0.25, -0.2) is 14.4 Å². The minimum Gasteiger partial charge on any atom is -0.467 e. The number of hydrogen-bond donors (Lipinski definition) is 1. The van der Waals surface area contributed by atoms with Crippen LogP contribution in [0.4, 0.5) is 10.1 Å². The summed E-state index contributed by atoms with van der Waals surface area (Å²) in [5.74, 6) is -0.547. The second kappa shape index (κ2) is 4.55. The van der Waals surface area contributed by atoms with E-state index in [0.717, 1.165) is 0 Å². The topological polar surface area (TPSA) is 61.0 Å². The number of methoxy groups -OCH3 is 1. The molecule has 0 saturated carbocycles. The van der Waals surface area contributed by atoms with Crippen molar-refractivity contribution in [3.05, 3.63) is 35.4 Å². The molecular formula is C11H9ClFN3O. The number of nitrogens with zero attached hydrogens (tertiary/aromatic N) is 2. The molecule has 6 heteroatoms. The number of anilines is 1. The van der Waals surface area contributed by atoms with Gasteiger partial charge in [0.15, 0.2) is 0 Å². The summed E-state index contributed by atoms with van der Waals surface area (Å²) in [6.45, 7) is 0. The Balaban J connectivity index is 2.52. The van der Waals surface area contributed by atoms with Crippen LogP contribution < -0.4 is 10.5 Å². The van der Waals surface area contributed by atoms with E-state index in [-0.39, 0.29) is 16.6 Å². The molecule has 0 aliphatic rings. The van der Waals surface area contributed by atoms with Gasteiger partial charge in [0.25, 0.3) is 0 Å². The fraction of sp³-hybridized carbons (Fsp3) is 0.0909. The molecule has 2 aromatic rings. The zero-order chi connectivity index (χ0) is 12.4. The van der Waals surface area contributed by atoms with E-state index in [0.29, 0.717) is 11.3 Å². The Morgan fingerprint density at radius 3 is 2.53 bits per heavy atom. The van der Waals surface area contributed by atoms with E-state index in [1.807, 2.05) is 0 Å². The van der Waals surface area contributed by atoms with Crippen LogP contribution in [0.1, 0.15) is 0 Å². The minimum atomic E-state index is -0.547. The Bertz CT molecular complexity index is 545. The number of hydrogen-bond acceptors (Lipinski definition) is 4. The van der Waals surface area contributed by atoms with E-state index in [2.05, 4.69) is 9.97 Å². The maximum atomic E-state index is 13.8. The first-order chi connectivity index (χ1) is 8.11. The Kier molecular flexibility index (Phi) is 3.10. The molecule has 0 atom stereocenters. The molecule has 0 unspecified atom stereocenters. The molecule has 17 heavy (non-hydrogen) atoms. The molecule has 0 saturated heterocycles. The largest absolute Gasteiger partial charge is 0.467 e. The lowest BCUT2D eigenvalue weighted by Gasteiger charge is -2.06. The highest BCUT2D eigenvalue weighted by Gasteiger charge is 2.11. The van der Waals surface area contributed by atoms with Crippen molar-refractivity contribution < 1.29 is 9.13 Å². The lowest BCUT2D eigenvalue weighted by Crippen LogP contribution is -1.95. The van der Waals surface area contributed by atoms with Crippen LogP contribution in [-0.4, -0.2) is 17.1 Å². The van der Waals surface area contributed by atoms with Crippen molar-refractivity contribution in [2.24, 2.45) is 0 Å². The first-order valence-corrected chi connectivity index (χ1v) is 5.10. The molecule has 1 aromatic heterocycles. The monoisotopic (exact) mass is 253 g/mol. The molecule has 0 fully saturated rings. The molecular weight excluding hydrogens is 245 g/mol. The van der Waals surface area contributed by atoms with E-state index < -0.39 is 5.82 Å². The van der Waals surface area contributed by atoms with E-state index in [4.69, 9.17) is 22.1 Å². The first kappa shape index (κ1) is 11.6. The number of halogens is 2. The number of rotatable bonds is 2. The number of nitrogen functional groups attached to an aromatic ring is 1. The lowest BCUT2D eigenvalue weighted by molar-refractivity contribution is 0.380. The van der Waals surface area contributed by atoms with Gasteiger partial charge in [0.1, 0.15) is 5.82 Å². The van der Waals surface area contributed by atoms with Crippen molar-refractivity contribution in [1.82, 2.24) is 9.97 Å². The molecule has 0 aliphatic heterocycles. The van der Waals surface area contributed by atoms with Crippen molar-refractivity contribution in [3.8, 4) is 17.1 Å². The minimum absolute atomic E-state index is 0.0316. The Labute approximate surface area is 102 Å². The van der Waals surface area contributed by atoms with Gasteiger partial charge in [-0.3, -0.25) is 0 Å². The molecule has 4 nitrogen and oxygen atoms in total.